The molecule has 2 saturated heterocycles. The Kier molecular flexibility index (Phi) is 4.71. The summed E-state index contributed by atoms with van der Waals surface area (Å²) in [4.78, 5) is 18.5. The Balaban J connectivity index is 1.51. The number of sulfone groups is 1. The van der Waals surface area contributed by atoms with Gasteiger partial charge in [0.15, 0.2) is 9.84 Å². The minimum absolute atomic E-state index is 0.0437. The van der Waals surface area contributed by atoms with Crippen LogP contribution in [0.1, 0.15) is 30.5 Å². The summed E-state index contributed by atoms with van der Waals surface area (Å²) >= 11 is 0. The first-order valence-corrected chi connectivity index (χ1v) is 10.2. The van der Waals surface area contributed by atoms with Gasteiger partial charge < -0.3 is 4.90 Å². The van der Waals surface area contributed by atoms with Crippen LogP contribution in [0, 0.1) is 18.8 Å². The largest absolute Gasteiger partial charge is 0.342 e. The van der Waals surface area contributed by atoms with E-state index in [2.05, 4.69) is 17.1 Å². The van der Waals surface area contributed by atoms with E-state index in [-0.39, 0.29) is 23.3 Å². The van der Waals surface area contributed by atoms with E-state index in [1.807, 2.05) is 18.0 Å². The van der Waals surface area contributed by atoms with Gasteiger partial charge in [0.25, 0.3) is 0 Å². The minimum atomic E-state index is -2.99. The van der Waals surface area contributed by atoms with Crippen LogP contribution >= 0.6 is 0 Å². The topological polar surface area (TPSA) is 67.3 Å². The zero-order chi connectivity index (χ0) is 16.4. The molecule has 0 unspecified atom stereocenters. The Hall–Kier alpha value is -1.43. The number of hydrogen-bond donors (Lipinski definition) is 0. The van der Waals surface area contributed by atoms with Gasteiger partial charge in [-0.2, -0.15) is 0 Å². The van der Waals surface area contributed by atoms with E-state index in [4.69, 9.17) is 0 Å². The van der Waals surface area contributed by atoms with Crippen LogP contribution in [-0.2, 0) is 21.1 Å². The number of likely N-dealkylation sites (tertiary alicyclic amines) is 1. The van der Waals surface area contributed by atoms with Gasteiger partial charge >= 0.3 is 0 Å². The van der Waals surface area contributed by atoms with E-state index in [0.29, 0.717) is 12.3 Å². The number of nitrogens with zero attached hydrogens (tertiary/aromatic N) is 2. The molecule has 0 aliphatic carbocycles. The van der Waals surface area contributed by atoms with Crippen LogP contribution < -0.4 is 0 Å². The molecule has 0 radical (unpaired) electrons. The quantitative estimate of drug-likeness (QED) is 0.841. The summed E-state index contributed by atoms with van der Waals surface area (Å²) in [6.07, 6.45) is 5.36. The molecule has 1 aromatic heterocycles. The highest BCUT2D eigenvalue weighted by molar-refractivity contribution is 7.91. The zero-order valence-electron chi connectivity index (χ0n) is 13.6. The Morgan fingerprint density at radius 1 is 1.30 bits per heavy atom. The van der Waals surface area contributed by atoms with E-state index >= 15 is 0 Å². The van der Waals surface area contributed by atoms with Gasteiger partial charge in [-0.25, -0.2) is 8.42 Å². The van der Waals surface area contributed by atoms with E-state index in [1.54, 1.807) is 0 Å². The van der Waals surface area contributed by atoms with Crippen molar-refractivity contribution in [2.45, 2.75) is 32.6 Å². The molecule has 5 nitrogen and oxygen atoms in total. The van der Waals surface area contributed by atoms with E-state index in [9.17, 15) is 13.2 Å². The number of hydrogen-bond acceptors (Lipinski definition) is 4. The van der Waals surface area contributed by atoms with Crippen molar-refractivity contribution in [1.82, 2.24) is 9.88 Å². The van der Waals surface area contributed by atoms with Crippen LogP contribution in [0.25, 0.3) is 0 Å². The summed E-state index contributed by atoms with van der Waals surface area (Å²) in [5, 5.41) is 0. The van der Waals surface area contributed by atoms with Crippen molar-refractivity contribution in [3.8, 4) is 0 Å². The van der Waals surface area contributed by atoms with Gasteiger partial charge in [-0.05, 0) is 56.2 Å². The fourth-order valence-electron chi connectivity index (χ4n) is 3.67. The molecule has 126 valence electrons. The number of piperidine rings is 1. The summed E-state index contributed by atoms with van der Waals surface area (Å²) in [6, 6.07) is 4.19. The van der Waals surface area contributed by atoms with Crippen molar-refractivity contribution in [3.05, 3.63) is 29.6 Å². The number of carbonyl (C=O) groups excluding carboxylic acids is 1. The van der Waals surface area contributed by atoms with Gasteiger partial charge in [-0.3, -0.25) is 9.78 Å². The monoisotopic (exact) mass is 336 g/mol. The smallest absolute Gasteiger partial charge is 0.226 e. The molecule has 0 bridgehead atoms. The molecule has 0 aromatic carbocycles. The van der Waals surface area contributed by atoms with Crippen molar-refractivity contribution < 1.29 is 13.2 Å². The van der Waals surface area contributed by atoms with Crippen molar-refractivity contribution in [1.29, 1.82) is 0 Å². The third-order valence-electron chi connectivity index (χ3n) is 4.99. The highest BCUT2D eigenvalue weighted by atomic mass is 32.2. The first kappa shape index (κ1) is 16.4. The van der Waals surface area contributed by atoms with E-state index in [0.717, 1.165) is 38.0 Å². The third kappa shape index (κ3) is 4.10. The number of aryl methyl sites for hydroxylation is 1. The molecule has 23 heavy (non-hydrogen) atoms. The van der Waals surface area contributed by atoms with E-state index in [1.165, 1.54) is 5.56 Å². The minimum Gasteiger partial charge on any atom is -0.342 e. The van der Waals surface area contributed by atoms with Crippen LogP contribution in [-0.4, -0.2) is 48.8 Å². The first-order chi connectivity index (χ1) is 10.9. The van der Waals surface area contributed by atoms with Gasteiger partial charge in [0.05, 0.1) is 17.4 Å². The molecule has 2 aliphatic rings. The summed E-state index contributed by atoms with van der Waals surface area (Å²) in [5.41, 5.74) is 2.35. The maximum absolute atomic E-state index is 12.5. The van der Waals surface area contributed by atoms with Crippen molar-refractivity contribution in [2.24, 2.45) is 11.8 Å². The summed E-state index contributed by atoms with van der Waals surface area (Å²) in [7, 11) is -2.99. The molecule has 2 fully saturated rings. The lowest BCUT2D eigenvalue weighted by atomic mass is 9.89. The van der Waals surface area contributed by atoms with Crippen molar-refractivity contribution in [2.75, 3.05) is 24.6 Å². The molecule has 0 spiro atoms. The van der Waals surface area contributed by atoms with Crippen LogP contribution in [0.3, 0.4) is 0 Å². The van der Waals surface area contributed by atoms with Gasteiger partial charge in [0.1, 0.15) is 0 Å². The predicted octanol–water partition coefficient (Wildman–Crippen LogP) is 1.61. The molecular formula is C17H24N2O3S. The molecule has 1 atom stereocenters. The number of aromatic nitrogens is 1. The number of amides is 1. The maximum Gasteiger partial charge on any atom is 0.226 e. The fraction of sp³-hybridized carbons (Fsp3) is 0.647. The Morgan fingerprint density at radius 3 is 2.65 bits per heavy atom. The summed E-state index contributed by atoms with van der Waals surface area (Å²) in [5.74, 6) is 0.542. The lowest BCUT2D eigenvalue weighted by molar-refractivity contribution is -0.136. The van der Waals surface area contributed by atoms with Crippen LogP contribution in [0.15, 0.2) is 18.3 Å². The first-order valence-electron chi connectivity index (χ1n) is 8.34. The van der Waals surface area contributed by atoms with Crippen molar-refractivity contribution >= 4 is 15.7 Å². The van der Waals surface area contributed by atoms with Crippen LogP contribution in [0.2, 0.25) is 0 Å². The van der Waals surface area contributed by atoms with Gasteiger partial charge in [-0.1, -0.05) is 0 Å². The highest BCUT2D eigenvalue weighted by Crippen LogP contribution is 2.26. The Bertz CT molecular complexity index is 679. The Morgan fingerprint density at radius 2 is 2.04 bits per heavy atom. The molecule has 2 aliphatic heterocycles. The Labute approximate surface area is 138 Å². The maximum atomic E-state index is 12.5. The summed E-state index contributed by atoms with van der Waals surface area (Å²) in [6.45, 7) is 3.51. The standard InChI is InChI=1S/C17H24N2O3S/c1-13-10-15(2-6-18-13)11-14-3-7-19(8-4-14)17(20)16-5-9-23(21,22)12-16/h2,6,10,14,16H,3-5,7-9,11-12H2,1H3/t16-/m1/s1. The second-order valence-electron chi connectivity index (χ2n) is 6.88. The normalized spacial score (nSPS) is 24.7. The average molecular weight is 336 g/mol. The molecule has 6 heteroatoms. The fourth-order valence-corrected chi connectivity index (χ4v) is 5.40. The SMILES string of the molecule is Cc1cc(CC2CCN(C(=O)[C@@H]3CCS(=O)(=O)C3)CC2)ccn1. The van der Waals surface area contributed by atoms with Crippen LogP contribution in [0.5, 0.6) is 0 Å². The molecule has 3 rings (SSSR count). The highest BCUT2D eigenvalue weighted by Gasteiger charge is 2.36. The molecular weight excluding hydrogens is 312 g/mol. The molecule has 1 amide bonds. The van der Waals surface area contributed by atoms with Crippen molar-refractivity contribution in [3.63, 3.8) is 0 Å². The lowest BCUT2D eigenvalue weighted by Crippen LogP contribution is -2.42. The number of pyridine rings is 1. The average Bonchev–Trinajstić information content (AvgIpc) is 2.87. The predicted molar refractivity (Wildman–Crippen MR) is 88.7 cm³/mol. The number of carbonyl (C=O) groups is 1. The second-order valence-corrected chi connectivity index (χ2v) is 9.11. The molecule has 1 aromatic rings. The van der Waals surface area contributed by atoms with Crippen LogP contribution in [0.4, 0.5) is 0 Å². The van der Waals surface area contributed by atoms with E-state index < -0.39 is 9.84 Å². The lowest BCUT2D eigenvalue weighted by Gasteiger charge is -2.33. The van der Waals surface area contributed by atoms with Gasteiger partial charge in [-0.15, -0.1) is 0 Å². The molecule has 0 N–H and O–H groups in total. The van der Waals surface area contributed by atoms with Gasteiger partial charge in [0.2, 0.25) is 5.91 Å². The second kappa shape index (κ2) is 6.59. The molecule has 3 heterocycles. The zero-order valence-corrected chi connectivity index (χ0v) is 14.4. The third-order valence-corrected chi connectivity index (χ3v) is 6.76. The molecule has 0 saturated carbocycles. The number of rotatable bonds is 3. The van der Waals surface area contributed by atoms with Gasteiger partial charge in [0, 0.05) is 25.0 Å². The summed E-state index contributed by atoms with van der Waals surface area (Å²) < 4.78 is 23.1.